The molecule has 0 saturated carbocycles. The number of hydrogen-bond donors (Lipinski definition) is 1. The van der Waals surface area contributed by atoms with E-state index < -0.39 is 0 Å². The number of aryl methyl sites for hydroxylation is 3. The van der Waals surface area contributed by atoms with Gasteiger partial charge in [0.05, 0.1) is 5.69 Å². The fourth-order valence-corrected chi connectivity index (χ4v) is 2.65. The van der Waals surface area contributed by atoms with Crippen LogP contribution in [0.2, 0.25) is 0 Å². The molecule has 0 aliphatic rings. The van der Waals surface area contributed by atoms with E-state index in [4.69, 9.17) is 0 Å². The van der Waals surface area contributed by atoms with Gasteiger partial charge >= 0.3 is 0 Å². The number of nitrogens with zero attached hydrogens (tertiary/aromatic N) is 2. The first kappa shape index (κ1) is 14.8. The maximum Gasteiger partial charge on any atom is 0.0641 e. The molecule has 2 rings (SSSR count). The van der Waals surface area contributed by atoms with Crippen molar-refractivity contribution in [3.63, 3.8) is 0 Å². The average molecular weight is 271 g/mol. The molecule has 0 amide bonds. The Hall–Kier alpha value is -1.61. The molecule has 3 nitrogen and oxygen atoms in total. The third-order valence-corrected chi connectivity index (χ3v) is 3.91. The van der Waals surface area contributed by atoms with Crippen LogP contribution >= 0.6 is 0 Å². The van der Waals surface area contributed by atoms with Crippen LogP contribution in [0.5, 0.6) is 0 Å². The minimum Gasteiger partial charge on any atom is -0.304 e. The van der Waals surface area contributed by atoms with Crippen molar-refractivity contribution >= 4 is 0 Å². The van der Waals surface area contributed by atoms with Crippen LogP contribution in [-0.2, 0) is 13.5 Å². The Labute approximate surface area is 122 Å². The molecule has 1 heterocycles. The van der Waals surface area contributed by atoms with Crippen molar-refractivity contribution in [1.82, 2.24) is 15.1 Å². The molecule has 2 aromatic rings. The highest BCUT2D eigenvalue weighted by atomic mass is 15.3. The fourth-order valence-electron chi connectivity index (χ4n) is 2.65. The molecule has 2 unspecified atom stereocenters. The summed E-state index contributed by atoms with van der Waals surface area (Å²) in [6.45, 7) is 8.66. The topological polar surface area (TPSA) is 29.9 Å². The van der Waals surface area contributed by atoms with Crippen LogP contribution in [0.1, 0.15) is 55.2 Å². The molecule has 20 heavy (non-hydrogen) atoms. The van der Waals surface area contributed by atoms with Gasteiger partial charge in [-0.2, -0.15) is 5.10 Å². The highest BCUT2D eigenvalue weighted by Crippen LogP contribution is 2.21. The first-order valence-electron chi connectivity index (χ1n) is 7.36. The molecule has 0 aliphatic carbocycles. The second-order valence-corrected chi connectivity index (χ2v) is 5.55. The lowest BCUT2D eigenvalue weighted by Gasteiger charge is -2.20. The van der Waals surface area contributed by atoms with Gasteiger partial charge in [-0.15, -0.1) is 0 Å². The number of aromatic nitrogens is 2. The summed E-state index contributed by atoms with van der Waals surface area (Å²) in [7, 11) is 1.97. The van der Waals surface area contributed by atoms with E-state index in [1.54, 1.807) is 0 Å². The Morgan fingerprint density at radius 1 is 1.15 bits per heavy atom. The van der Waals surface area contributed by atoms with Crippen molar-refractivity contribution < 1.29 is 0 Å². The second kappa shape index (κ2) is 6.23. The third-order valence-electron chi connectivity index (χ3n) is 3.91. The van der Waals surface area contributed by atoms with Gasteiger partial charge in [-0.25, -0.2) is 0 Å². The lowest BCUT2D eigenvalue weighted by Crippen LogP contribution is -2.22. The van der Waals surface area contributed by atoms with Crippen molar-refractivity contribution in [3.8, 4) is 0 Å². The minimum atomic E-state index is 0.296. The number of rotatable bonds is 5. The molecule has 108 valence electrons. The third kappa shape index (κ3) is 3.28. The highest BCUT2D eigenvalue weighted by Gasteiger charge is 2.15. The predicted octanol–water partition coefficient (Wildman–Crippen LogP) is 3.70. The number of hydrogen-bond acceptors (Lipinski definition) is 2. The van der Waals surface area contributed by atoms with Crippen molar-refractivity contribution in [3.05, 3.63) is 52.8 Å². The fraction of sp³-hybridized carbons (Fsp3) is 0.471. The molecule has 1 aromatic heterocycles. The van der Waals surface area contributed by atoms with Crippen LogP contribution in [0.4, 0.5) is 0 Å². The summed E-state index contributed by atoms with van der Waals surface area (Å²) in [5.41, 5.74) is 5.08. The highest BCUT2D eigenvalue weighted by molar-refractivity contribution is 5.26. The maximum absolute atomic E-state index is 4.41. The molecular formula is C17H25N3. The van der Waals surface area contributed by atoms with E-state index in [0.29, 0.717) is 12.1 Å². The summed E-state index contributed by atoms with van der Waals surface area (Å²) in [6.07, 6.45) is 3.19. The van der Waals surface area contributed by atoms with Gasteiger partial charge in [-0.1, -0.05) is 31.2 Å². The summed E-state index contributed by atoms with van der Waals surface area (Å²) in [4.78, 5) is 0. The Balaban J connectivity index is 2.06. The van der Waals surface area contributed by atoms with Crippen molar-refractivity contribution in [2.24, 2.45) is 7.05 Å². The van der Waals surface area contributed by atoms with Gasteiger partial charge in [0.15, 0.2) is 0 Å². The first-order chi connectivity index (χ1) is 9.51. The van der Waals surface area contributed by atoms with E-state index in [1.807, 2.05) is 11.7 Å². The zero-order chi connectivity index (χ0) is 14.7. The van der Waals surface area contributed by atoms with Gasteiger partial charge in [-0.3, -0.25) is 4.68 Å². The van der Waals surface area contributed by atoms with Gasteiger partial charge < -0.3 is 5.32 Å². The average Bonchev–Trinajstić information content (AvgIpc) is 2.78. The van der Waals surface area contributed by atoms with Crippen LogP contribution < -0.4 is 5.32 Å². The van der Waals surface area contributed by atoms with Crippen LogP contribution in [0, 0.1) is 6.92 Å². The van der Waals surface area contributed by atoms with E-state index in [-0.39, 0.29) is 0 Å². The molecule has 0 radical (unpaired) electrons. The molecule has 0 fully saturated rings. The van der Waals surface area contributed by atoms with Crippen molar-refractivity contribution in [2.45, 2.75) is 46.2 Å². The van der Waals surface area contributed by atoms with E-state index in [9.17, 15) is 0 Å². The van der Waals surface area contributed by atoms with Crippen LogP contribution in [0.3, 0.4) is 0 Å². The van der Waals surface area contributed by atoms with Gasteiger partial charge in [0, 0.05) is 30.9 Å². The molecule has 0 bridgehead atoms. The lowest BCUT2D eigenvalue weighted by molar-refractivity contribution is 0.493. The van der Waals surface area contributed by atoms with E-state index in [2.05, 4.69) is 68.6 Å². The molecule has 1 N–H and O–H groups in total. The monoisotopic (exact) mass is 271 g/mol. The normalized spacial score (nSPS) is 14.2. The van der Waals surface area contributed by atoms with Crippen LogP contribution in [-0.4, -0.2) is 9.78 Å². The van der Waals surface area contributed by atoms with Gasteiger partial charge in [-0.05, 0) is 38.3 Å². The van der Waals surface area contributed by atoms with Crippen molar-refractivity contribution in [1.29, 1.82) is 0 Å². The van der Waals surface area contributed by atoms with Gasteiger partial charge in [0.2, 0.25) is 0 Å². The molecule has 1 aromatic carbocycles. The molecule has 0 spiro atoms. The van der Waals surface area contributed by atoms with E-state index in [1.165, 1.54) is 16.7 Å². The maximum atomic E-state index is 4.41. The Kier molecular flexibility index (Phi) is 4.61. The molecule has 0 saturated heterocycles. The lowest BCUT2D eigenvalue weighted by atomic mass is 10.0. The summed E-state index contributed by atoms with van der Waals surface area (Å²) in [6, 6.07) is 9.50. The molecule has 0 aliphatic heterocycles. The standard InChI is InChI=1S/C17H25N3/c1-6-15-7-9-16(10-8-15)12(2)18-13(3)17-11-20(5)19-14(17)4/h7-13,18H,6H2,1-5H3. The summed E-state index contributed by atoms with van der Waals surface area (Å²) < 4.78 is 1.88. The SMILES string of the molecule is CCc1ccc(C(C)NC(C)c2cn(C)nc2C)cc1. The molecular weight excluding hydrogens is 246 g/mol. The van der Waals surface area contributed by atoms with Gasteiger partial charge in [0.1, 0.15) is 0 Å². The molecule has 3 heteroatoms. The quantitative estimate of drug-likeness (QED) is 0.898. The zero-order valence-electron chi connectivity index (χ0n) is 13.1. The van der Waals surface area contributed by atoms with E-state index in [0.717, 1.165) is 12.1 Å². The largest absolute Gasteiger partial charge is 0.304 e. The smallest absolute Gasteiger partial charge is 0.0641 e. The predicted molar refractivity (Wildman–Crippen MR) is 83.7 cm³/mol. The number of nitrogens with one attached hydrogen (secondary N) is 1. The van der Waals surface area contributed by atoms with Crippen LogP contribution in [0.25, 0.3) is 0 Å². The summed E-state index contributed by atoms with van der Waals surface area (Å²) in [5, 5.41) is 8.06. The van der Waals surface area contributed by atoms with Gasteiger partial charge in [0.25, 0.3) is 0 Å². The Morgan fingerprint density at radius 3 is 2.30 bits per heavy atom. The Bertz CT molecular complexity index is 554. The molecule has 2 atom stereocenters. The summed E-state index contributed by atoms with van der Waals surface area (Å²) in [5.74, 6) is 0. The second-order valence-electron chi connectivity index (χ2n) is 5.55. The summed E-state index contributed by atoms with van der Waals surface area (Å²) >= 11 is 0. The first-order valence-corrected chi connectivity index (χ1v) is 7.36. The number of benzene rings is 1. The van der Waals surface area contributed by atoms with E-state index >= 15 is 0 Å². The zero-order valence-corrected chi connectivity index (χ0v) is 13.1. The minimum absolute atomic E-state index is 0.296. The Morgan fingerprint density at radius 2 is 1.80 bits per heavy atom. The van der Waals surface area contributed by atoms with Crippen molar-refractivity contribution in [2.75, 3.05) is 0 Å². The van der Waals surface area contributed by atoms with Crippen LogP contribution in [0.15, 0.2) is 30.5 Å².